The fraction of sp³-hybridized carbons (Fsp3) is 0.636. The van der Waals surface area contributed by atoms with Crippen LogP contribution in [0.5, 0.6) is 0 Å². The van der Waals surface area contributed by atoms with Gasteiger partial charge in [-0.3, -0.25) is 0 Å². The van der Waals surface area contributed by atoms with Crippen molar-refractivity contribution >= 4 is 0 Å². The zero-order valence-electron chi connectivity index (χ0n) is 8.71. The smallest absolute Gasteiger partial charge is 0.105 e. The molecule has 0 amide bonds. The molecule has 0 bridgehead atoms. The third-order valence-corrected chi connectivity index (χ3v) is 1.85. The maximum absolute atomic E-state index is 5.67. The molecule has 2 heteroatoms. The first kappa shape index (κ1) is 10.3. The van der Waals surface area contributed by atoms with Crippen molar-refractivity contribution in [3.63, 3.8) is 0 Å². The molecule has 1 aromatic heterocycles. The van der Waals surface area contributed by atoms with Crippen LogP contribution in [0, 0.1) is 5.92 Å². The fourth-order valence-corrected chi connectivity index (χ4v) is 1.36. The Hall–Kier alpha value is -0.760. The third kappa shape index (κ3) is 3.64. The number of rotatable bonds is 4. The molecule has 0 aliphatic rings. The summed E-state index contributed by atoms with van der Waals surface area (Å²) in [6.45, 7) is 6.37. The molecule has 1 unspecified atom stereocenters. The van der Waals surface area contributed by atoms with E-state index in [9.17, 15) is 0 Å². The van der Waals surface area contributed by atoms with E-state index in [0.717, 1.165) is 24.4 Å². The molecule has 2 N–H and O–H groups in total. The Kier molecular flexibility index (Phi) is 3.55. The summed E-state index contributed by atoms with van der Waals surface area (Å²) in [4.78, 5) is 0. The number of furan rings is 1. The van der Waals surface area contributed by atoms with Gasteiger partial charge >= 0.3 is 0 Å². The molecule has 13 heavy (non-hydrogen) atoms. The second-order valence-electron chi connectivity index (χ2n) is 4.15. The molecule has 2 nitrogen and oxygen atoms in total. The van der Waals surface area contributed by atoms with Crippen LogP contribution in [0.1, 0.15) is 32.3 Å². The first-order valence-electron chi connectivity index (χ1n) is 4.91. The minimum Gasteiger partial charge on any atom is -0.466 e. The summed E-state index contributed by atoms with van der Waals surface area (Å²) in [5.41, 5.74) is 5.67. The van der Waals surface area contributed by atoms with E-state index in [1.165, 1.54) is 0 Å². The van der Waals surface area contributed by atoms with Gasteiger partial charge in [0.2, 0.25) is 0 Å². The summed E-state index contributed by atoms with van der Waals surface area (Å²) in [5.74, 6) is 2.73. The number of hydrogen-bond donors (Lipinski definition) is 1. The predicted octanol–water partition coefficient (Wildman–Crippen LogP) is 2.37. The first-order chi connectivity index (χ1) is 6.08. The van der Waals surface area contributed by atoms with Crippen LogP contribution in [0.15, 0.2) is 16.5 Å². The largest absolute Gasteiger partial charge is 0.466 e. The standard InChI is InChI=1S/C11H19NO/c1-8(2)6-10-4-5-11(13-10)7-9(3)12/h4-5,8-9H,6-7,12H2,1-3H3. The van der Waals surface area contributed by atoms with Crippen LogP contribution in [0.4, 0.5) is 0 Å². The SMILES string of the molecule is CC(C)Cc1ccc(CC(C)N)o1. The second kappa shape index (κ2) is 4.47. The summed E-state index contributed by atoms with van der Waals surface area (Å²) in [6.07, 6.45) is 1.84. The Morgan fingerprint density at radius 3 is 2.15 bits per heavy atom. The minimum absolute atomic E-state index is 0.179. The monoisotopic (exact) mass is 181 g/mol. The van der Waals surface area contributed by atoms with Gasteiger partial charge in [-0.1, -0.05) is 13.8 Å². The van der Waals surface area contributed by atoms with E-state index in [1.807, 2.05) is 13.0 Å². The summed E-state index contributed by atoms with van der Waals surface area (Å²) in [5, 5.41) is 0. The van der Waals surface area contributed by atoms with Gasteiger partial charge in [0.15, 0.2) is 0 Å². The lowest BCUT2D eigenvalue weighted by Gasteiger charge is -2.02. The minimum atomic E-state index is 0.179. The van der Waals surface area contributed by atoms with Crippen LogP contribution in [0.25, 0.3) is 0 Å². The van der Waals surface area contributed by atoms with E-state index < -0.39 is 0 Å². The topological polar surface area (TPSA) is 39.2 Å². The third-order valence-electron chi connectivity index (χ3n) is 1.85. The van der Waals surface area contributed by atoms with Gasteiger partial charge in [-0.2, -0.15) is 0 Å². The van der Waals surface area contributed by atoms with E-state index in [0.29, 0.717) is 5.92 Å². The summed E-state index contributed by atoms with van der Waals surface area (Å²) in [7, 11) is 0. The van der Waals surface area contributed by atoms with Crippen molar-refractivity contribution in [2.75, 3.05) is 0 Å². The van der Waals surface area contributed by atoms with Gasteiger partial charge in [0.05, 0.1) is 0 Å². The predicted molar refractivity (Wildman–Crippen MR) is 54.6 cm³/mol. The molecule has 0 radical (unpaired) electrons. The van der Waals surface area contributed by atoms with Gasteiger partial charge in [-0.05, 0) is 25.0 Å². The van der Waals surface area contributed by atoms with E-state index in [1.54, 1.807) is 0 Å². The summed E-state index contributed by atoms with van der Waals surface area (Å²) < 4.78 is 5.63. The molecule has 1 aromatic rings. The Bertz CT molecular complexity index is 226. The highest BCUT2D eigenvalue weighted by Crippen LogP contribution is 2.13. The average Bonchev–Trinajstić information content (AvgIpc) is 2.33. The molecule has 0 aromatic carbocycles. The van der Waals surface area contributed by atoms with E-state index in [2.05, 4.69) is 19.9 Å². The van der Waals surface area contributed by atoms with Gasteiger partial charge in [0.1, 0.15) is 11.5 Å². The van der Waals surface area contributed by atoms with Crippen LogP contribution >= 0.6 is 0 Å². The Morgan fingerprint density at radius 1 is 1.15 bits per heavy atom. The van der Waals surface area contributed by atoms with Crippen LogP contribution < -0.4 is 5.73 Å². The first-order valence-corrected chi connectivity index (χ1v) is 4.91. The van der Waals surface area contributed by atoms with Crippen molar-refractivity contribution in [3.8, 4) is 0 Å². The summed E-state index contributed by atoms with van der Waals surface area (Å²) in [6, 6.07) is 4.26. The highest BCUT2D eigenvalue weighted by molar-refractivity contribution is 5.08. The quantitative estimate of drug-likeness (QED) is 0.774. The number of hydrogen-bond acceptors (Lipinski definition) is 2. The van der Waals surface area contributed by atoms with Gasteiger partial charge in [0, 0.05) is 18.9 Å². The van der Waals surface area contributed by atoms with Crippen LogP contribution in [-0.4, -0.2) is 6.04 Å². The molecule has 1 heterocycles. The molecule has 1 rings (SSSR count). The van der Waals surface area contributed by atoms with Crippen LogP contribution in [0.3, 0.4) is 0 Å². The van der Waals surface area contributed by atoms with E-state index in [4.69, 9.17) is 10.2 Å². The lowest BCUT2D eigenvalue weighted by atomic mass is 10.1. The van der Waals surface area contributed by atoms with Crippen molar-refractivity contribution in [2.24, 2.45) is 11.7 Å². The summed E-state index contributed by atoms with van der Waals surface area (Å²) >= 11 is 0. The molecule has 0 saturated heterocycles. The molecular weight excluding hydrogens is 162 g/mol. The average molecular weight is 181 g/mol. The Morgan fingerprint density at radius 2 is 1.69 bits per heavy atom. The maximum Gasteiger partial charge on any atom is 0.105 e. The molecule has 0 fully saturated rings. The van der Waals surface area contributed by atoms with E-state index >= 15 is 0 Å². The highest BCUT2D eigenvalue weighted by Gasteiger charge is 2.05. The molecule has 74 valence electrons. The molecule has 0 aliphatic carbocycles. The van der Waals surface area contributed by atoms with Gasteiger partial charge in [0.25, 0.3) is 0 Å². The maximum atomic E-state index is 5.67. The lowest BCUT2D eigenvalue weighted by Crippen LogP contribution is -2.17. The normalized spacial score (nSPS) is 13.6. The van der Waals surface area contributed by atoms with Gasteiger partial charge < -0.3 is 10.2 Å². The molecule has 0 aliphatic heterocycles. The number of nitrogens with two attached hydrogens (primary N) is 1. The fourth-order valence-electron chi connectivity index (χ4n) is 1.36. The van der Waals surface area contributed by atoms with Crippen molar-refractivity contribution in [2.45, 2.75) is 39.7 Å². The van der Waals surface area contributed by atoms with Crippen molar-refractivity contribution in [1.29, 1.82) is 0 Å². The van der Waals surface area contributed by atoms with Crippen molar-refractivity contribution in [1.82, 2.24) is 0 Å². The lowest BCUT2D eigenvalue weighted by molar-refractivity contribution is 0.431. The molecule has 0 spiro atoms. The zero-order valence-corrected chi connectivity index (χ0v) is 8.71. The highest BCUT2D eigenvalue weighted by atomic mass is 16.3. The second-order valence-corrected chi connectivity index (χ2v) is 4.15. The van der Waals surface area contributed by atoms with Crippen molar-refractivity contribution in [3.05, 3.63) is 23.7 Å². The zero-order chi connectivity index (χ0) is 9.84. The van der Waals surface area contributed by atoms with E-state index in [-0.39, 0.29) is 6.04 Å². The van der Waals surface area contributed by atoms with Crippen molar-refractivity contribution < 1.29 is 4.42 Å². The van der Waals surface area contributed by atoms with Gasteiger partial charge in [-0.25, -0.2) is 0 Å². The van der Waals surface area contributed by atoms with Crippen LogP contribution in [0.2, 0.25) is 0 Å². The van der Waals surface area contributed by atoms with Crippen LogP contribution in [-0.2, 0) is 12.8 Å². The molecule has 1 atom stereocenters. The Labute approximate surface area is 80.1 Å². The molecular formula is C11H19NO. The molecule has 0 saturated carbocycles. The van der Waals surface area contributed by atoms with Gasteiger partial charge in [-0.15, -0.1) is 0 Å². The Balaban J connectivity index is 2.53.